The fraction of sp³-hybridized carbons (Fsp3) is 0.188. The van der Waals surface area contributed by atoms with Crippen molar-refractivity contribution >= 4 is 22.6 Å². The molecule has 0 fully saturated rings. The predicted octanol–water partition coefficient (Wildman–Crippen LogP) is 2.92. The minimum atomic E-state index is -0.690. The van der Waals surface area contributed by atoms with E-state index in [1.165, 1.54) is 0 Å². The first kappa shape index (κ1) is 14.1. The Morgan fingerprint density at radius 1 is 1.10 bits per heavy atom. The number of halogens is 1. The van der Waals surface area contributed by atoms with Crippen molar-refractivity contribution in [3.05, 3.63) is 64.9 Å². The number of aliphatic hydroxyl groups is 2. The first-order valence-corrected chi connectivity index (χ1v) is 7.05. The van der Waals surface area contributed by atoms with Gasteiger partial charge in [-0.15, -0.1) is 0 Å². The van der Waals surface area contributed by atoms with Crippen molar-refractivity contribution in [3.8, 4) is 0 Å². The first-order chi connectivity index (χ1) is 10.2. The van der Waals surface area contributed by atoms with Gasteiger partial charge in [-0.1, -0.05) is 35.9 Å². The third-order valence-electron chi connectivity index (χ3n) is 3.49. The van der Waals surface area contributed by atoms with Gasteiger partial charge in [-0.3, -0.25) is 0 Å². The summed E-state index contributed by atoms with van der Waals surface area (Å²) in [6, 6.07) is 14.7. The van der Waals surface area contributed by atoms with E-state index in [9.17, 15) is 10.2 Å². The van der Waals surface area contributed by atoms with Gasteiger partial charge >= 0.3 is 0 Å². The highest BCUT2D eigenvalue weighted by molar-refractivity contribution is 6.30. The molecule has 0 amide bonds. The molecule has 1 aromatic heterocycles. The van der Waals surface area contributed by atoms with Gasteiger partial charge in [0.15, 0.2) is 0 Å². The molecule has 0 bridgehead atoms. The van der Waals surface area contributed by atoms with E-state index in [0.29, 0.717) is 17.4 Å². The molecule has 4 nitrogen and oxygen atoms in total. The number of imidazole rings is 1. The summed E-state index contributed by atoms with van der Waals surface area (Å²) in [6.45, 7) is 0.167. The summed E-state index contributed by atoms with van der Waals surface area (Å²) in [4.78, 5) is 4.37. The largest absolute Gasteiger partial charge is 0.388 e. The van der Waals surface area contributed by atoms with Crippen LogP contribution in [0.1, 0.15) is 17.5 Å². The Kier molecular flexibility index (Phi) is 3.92. The average molecular weight is 303 g/mol. The molecule has 0 saturated heterocycles. The lowest BCUT2D eigenvalue weighted by Crippen LogP contribution is -2.11. The summed E-state index contributed by atoms with van der Waals surface area (Å²) < 4.78 is 1.84. The number of aromatic nitrogens is 2. The smallest absolute Gasteiger partial charge is 0.135 e. The zero-order valence-electron chi connectivity index (χ0n) is 11.3. The number of nitrogens with zero attached hydrogens (tertiary/aromatic N) is 2. The summed E-state index contributed by atoms with van der Waals surface area (Å²) >= 11 is 5.85. The molecule has 1 heterocycles. The van der Waals surface area contributed by atoms with Gasteiger partial charge in [0.1, 0.15) is 12.4 Å². The van der Waals surface area contributed by atoms with E-state index in [0.717, 1.165) is 16.6 Å². The molecule has 0 unspecified atom stereocenters. The molecule has 0 radical (unpaired) electrons. The second-order valence-electron chi connectivity index (χ2n) is 4.85. The number of hydrogen-bond donors (Lipinski definition) is 2. The molecule has 21 heavy (non-hydrogen) atoms. The first-order valence-electron chi connectivity index (χ1n) is 6.67. The van der Waals surface area contributed by atoms with Crippen LogP contribution in [-0.4, -0.2) is 19.8 Å². The van der Waals surface area contributed by atoms with Crippen molar-refractivity contribution in [1.29, 1.82) is 0 Å². The van der Waals surface area contributed by atoms with Crippen LogP contribution in [0, 0.1) is 0 Å². The van der Waals surface area contributed by atoms with Crippen LogP contribution in [-0.2, 0) is 13.2 Å². The van der Waals surface area contributed by atoms with Crippen LogP contribution < -0.4 is 0 Å². The van der Waals surface area contributed by atoms with Gasteiger partial charge in [0.05, 0.1) is 23.7 Å². The Morgan fingerprint density at radius 3 is 2.52 bits per heavy atom. The molecule has 1 atom stereocenters. The Bertz CT molecular complexity index is 753. The van der Waals surface area contributed by atoms with Gasteiger partial charge in [-0.25, -0.2) is 4.98 Å². The van der Waals surface area contributed by atoms with Gasteiger partial charge < -0.3 is 14.8 Å². The monoisotopic (exact) mass is 302 g/mol. The highest BCUT2D eigenvalue weighted by Gasteiger charge is 2.14. The Hall–Kier alpha value is -1.88. The van der Waals surface area contributed by atoms with Crippen molar-refractivity contribution in [2.24, 2.45) is 0 Å². The standard InChI is InChI=1S/C16H15ClN2O2/c17-12-7-5-11(6-8-12)15(21)9-19-14-4-2-1-3-13(14)18-16(19)10-20/h1-8,15,20-21H,9-10H2/t15-/m1/s1. The summed E-state index contributed by atoms with van der Waals surface area (Å²) in [7, 11) is 0. The molecule has 0 spiro atoms. The van der Waals surface area contributed by atoms with E-state index in [1.54, 1.807) is 24.3 Å². The fourth-order valence-electron chi connectivity index (χ4n) is 2.41. The third kappa shape index (κ3) is 2.78. The van der Waals surface area contributed by atoms with Crippen molar-refractivity contribution in [2.75, 3.05) is 0 Å². The average Bonchev–Trinajstić information content (AvgIpc) is 2.86. The van der Waals surface area contributed by atoms with Gasteiger partial charge in [0.2, 0.25) is 0 Å². The van der Waals surface area contributed by atoms with E-state index in [1.807, 2.05) is 28.8 Å². The molecule has 0 aliphatic carbocycles. The van der Waals surface area contributed by atoms with Crippen LogP contribution >= 0.6 is 11.6 Å². The molecule has 3 rings (SSSR count). The topological polar surface area (TPSA) is 58.3 Å². The second kappa shape index (κ2) is 5.85. The summed E-state index contributed by atoms with van der Waals surface area (Å²) in [5, 5.41) is 20.5. The van der Waals surface area contributed by atoms with E-state index in [4.69, 9.17) is 11.6 Å². The van der Waals surface area contributed by atoms with Crippen molar-refractivity contribution < 1.29 is 10.2 Å². The molecule has 0 aliphatic rings. The molecule has 0 aliphatic heterocycles. The molecule has 5 heteroatoms. The Morgan fingerprint density at radius 2 is 1.81 bits per heavy atom. The second-order valence-corrected chi connectivity index (χ2v) is 5.29. The van der Waals surface area contributed by atoms with Gasteiger partial charge in [0.25, 0.3) is 0 Å². The van der Waals surface area contributed by atoms with E-state index in [-0.39, 0.29) is 6.61 Å². The zero-order valence-corrected chi connectivity index (χ0v) is 12.0. The highest BCUT2D eigenvalue weighted by Crippen LogP contribution is 2.22. The van der Waals surface area contributed by atoms with Crippen LogP contribution in [0.4, 0.5) is 0 Å². The molecule has 2 aromatic carbocycles. The lowest BCUT2D eigenvalue weighted by molar-refractivity contribution is 0.153. The number of para-hydroxylation sites is 2. The van der Waals surface area contributed by atoms with Crippen LogP contribution in [0.3, 0.4) is 0 Å². The van der Waals surface area contributed by atoms with E-state index < -0.39 is 6.10 Å². The van der Waals surface area contributed by atoms with Crippen molar-refractivity contribution in [3.63, 3.8) is 0 Å². The number of fused-ring (bicyclic) bond motifs is 1. The number of benzene rings is 2. The van der Waals surface area contributed by atoms with E-state index in [2.05, 4.69) is 4.98 Å². The summed E-state index contributed by atoms with van der Waals surface area (Å²) in [5.41, 5.74) is 2.49. The van der Waals surface area contributed by atoms with Gasteiger partial charge in [-0.2, -0.15) is 0 Å². The number of aliphatic hydroxyl groups excluding tert-OH is 2. The normalized spacial score (nSPS) is 12.7. The lowest BCUT2D eigenvalue weighted by atomic mass is 10.1. The van der Waals surface area contributed by atoms with Crippen LogP contribution in [0.15, 0.2) is 48.5 Å². The highest BCUT2D eigenvalue weighted by atomic mass is 35.5. The number of rotatable bonds is 4. The van der Waals surface area contributed by atoms with Crippen molar-refractivity contribution in [1.82, 2.24) is 9.55 Å². The molecule has 2 N–H and O–H groups in total. The Balaban J connectivity index is 1.95. The molecule has 0 saturated carbocycles. The maximum absolute atomic E-state index is 10.4. The molecule has 108 valence electrons. The number of hydrogen-bond acceptors (Lipinski definition) is 3. The maximum atomic E-state index is 10.4. The van der Waals surface area contributed by atoms with Crippen LogP contribution in [0.25, 0.3) is 11.0 Å². The fourth-order valence-corrected chi connectivity index (χ4v) is 2.54. The van der Waals surface area contributed by atoms with Gasteiger partial charge in [0, 0.05) is 5.02 Å². The lowest BCUT2D eigenvalue weighted by Gasteiger charge is -2.14. The van der Waals surface area contributed by atoms with Crippen LogP contribution in [0.5, 0.6) is 0 Å². The summed E-state index contributed by atoms with van der Waals surface area (Å²) in [5.74, 6) is 0.546. The minimum absolute atomic E-state index is 0.165. The molecule has 3 aromatic rings. The summed E-state index contributed by atoms with van der Waals surface area (Å²) in [6.07, 6.45) is -0.690. The van der Waals surface area contributed by atoms with Gasteiger partial charge in [-0.05, 0) is 29.8 Å². The van der Waals surface area contributed by atoms with Crippen LogP contribution in [0.2, 0.25) is 5.02 Å². The zero-order chi connectivity index (χ0) is 14.8. The van der Waals surface area contributed by atoms with E-state index >= 15 is 0 Å². The third-order valence-corrected chi connectivity index (χ3v) is 3.74. The Labute approximate surface area is 127 Å². The molecular weight excluding hydrogens is 288 g/mol. The van der Waals surface area contributed by atoms with Crippen molar-refractivity contribution in [2.45, 2.75) is 19.3 Å². The minimum Gasteiger partial charge on any atom is -0.388 e. The SMILES string of the molecule is OCc1nc2ccccc2n1C[C@@H](O)c1ccc(Cl)cc1. The predicted molar refractivity (Wildman–Crippen MR) is 82.1 cm³/mol. The maximum Gasteiger partial charge on any atom is 0.135 e. The molecular formula is C16H15ClN2O2. The quantitative estimate of drug-likeness (QED) is 0.779.